The molecule has 1 unspecified atom stereocenters. The third-order valence-electron chi connectivity index (χ3n) is 11.8. The fourth-order valence-electron chi connectivity index (χ4n) is 7.83. The number of phosphoric acid groups is 1. The van der Waals surface area contributed by atoms with Gasteiger partial charge in [0.2, 0.25) is 0 Å². The molecule has 0 radical (unpaired) electrons. The molecule has 1 fully saturated rings. The van der Waals surface area contributed by atoms with Gasteiger partial charge in [-0.05, 0) is 25.7 Å². The van der Waals surface area contributed by atoms with Crippen LogP contribution in [0.5, 0.6) is 0 Å². The van der Waals surface area contributed by atoms with Crippen molar-refractivity contribution in [2.45, 2.75) is 218 Å². The molecule has 0 aliphatic heterocycles. The van der Waals surface area contributed by atoms with E-state index in [0.29, 0.717) is 36.7 Å². The average molecular weight is 905 g/mol. The van der Waals surface area contributed by atoms with Crippen LogP contribution in [0, 0.1) is 11.8 Å². The first kappa shape index (κ1) is 58.3. The summed E-state index contributed by atoms with van der Waals surface area (Å²) in [5.74, 6) is -2.04. The van der Waals surface area contributed by atoms with Crippen molar-refractivity contribution in [3.05, 3.63) is 12.2 Å². The fourth-order valence-corrected chi connectivity index (χ4v) is 8.58. The number of quaternary nitrogens is 1. The molecular weight excluding hydrogens is 813 g/mol. The van der Waals surface area contributed by atoms with Gasteiger partial charge < -0.3 is 34.2 Å². The molecule has 1 rings (SSSR count). The Hall–Kier alpha value is -1.70. The molecule has 1 saturated carbocycles. The topological polar surface area (TPSA) is 186 Å². The number of rotatable bonds is 41. The molecule has 364 valence electrons. The van der Waals surface area contributed by atoms with E-state index in [1.54, 1.807) is 12.2 Å². The standard InChI is InChI=1S/C48H90NO12P/c1-6-8-10-11-12-13-14-15-16-17-18-19-20-21-22-23-25-31-48(55)61-42(39-60-62(56,57)59-35-34-49(3,4)5)38-58-47(54)30-27-26-29-41(51)36-44-43(45(52)37-46(44)53)33-32-40(50)28-24-9-7-2/h32-33,40,42-46,50,52-53H,6-31,34-39H2,1-5H3/p+1/b33-32+/t40-,42+,43+,44+,45+,46-/m0/s1. The largest absolute Gasteiger partial charge is 0.472 e. The summed E-state index contributed by atoms with van der Waals surface area (Å²) < 4.78 is 34.2. The monoisotopic (exact) mass is 905 g/mol. The maximum absolute atomic E-state index is 12.9. The van der Waals surface area contributed by atoms with Crippen molar-refractivity contribution in [3.63, 3.8) is 0 Å². The van der Waals surface area contributed by atoms with Crippen LogP contribution in [0.2, 0.25) is 0 Å². The van der Waals surface area contributed by atoms with Gasteiger partial charge >= 0.3 is 19.8 Å². The quantitative estimate of drug-likeness (QED) is 0.0150. The summed E-state index contributed by atoms with van der Waals surface area (Å²) >= 11 is 0. The smallest absolute Gasteiger partial charge is 0.462 e. The molecule has 0 bridgehead atoms. The van der Waals surface area contributed by atoms with Gasteiger partial charge in [0.05, 0.1) is 46.1 Å². The normalized spacial score (nSPS) is 20.0. The summed E-state index contributed by atoms with van der Waals surface area (Å²) in [6.07, 6.45) is 26.0. The summed E-state index contributed by atoms with van der Waals surface area (Å²) in [4.78, 5) is 48.5. The number of esters is 2. The van der Waals surface area contributed by atoms with E-state index in [0.717, 1.165) is 38.5 Å². The number of phosphoric ester groups is 1. The predicted octanol–water partition coefficient (Wildman–Crippen LogP) is 9.70. The van der Waals surface area contributed by atoms with Crippen LogP contribution in [0.1, 0.15) is 194 Å². The number of carbonyl (C=O) groups is 3. The molecule has 4 N–H and O–H groups in total. The molecule has 0 saturated heterocycles. The zero-order valence-electron chi connectivity index (χ0n) is 39.7. The second-order valence-electron chi connectivity index (χ2n) is 18.8. The summed E-state index contributed by atoms with van der Waals surface area (Å²) in [6, 6.07) is 0. The van der Waals surface area contributed by atoms with Gasteiger partial charge in [-0.3, -0.25) is 23.4 Å². The maximum Gasteiger partial charge on any atom is 0.472 e. The highest BCUT2D eigenvalue weighted by Crippen LogP contribution is 2.43. The number of Topliss-reactive ketones (excluding diaryl/α,β-unsaturated/α-hetero) is 1. The van der Waals surface area contributed by atoms with E-state index in [-0.39, 0.29) is 51.1 Å². The minimum atomic E-state index is -4.47. The van der Waals surface area contributed by atoms with E-state index in [1.165, 1.54) is 83.5 Å². The number of likely N-dealkylation sites (N-methyl/N-ethyl adjacent to an activating group) is 1. The Morgan fingerprint density at radius 1 is 0.677 bits per heavy atom. The maximum atomic E-state index is 12.9. The van der Waals surface area contributed by atoms with E-state index < -0.39 is 62.6 Å². The van der Waals surface area contributed by atoms with Crippen LogP contribution in [-0.2, 0) is 37.5 Å². The van der Waals surface area contributed by atoms with E-state index >= 15 is 0 Å². The van der Waals surface area contributed by atoms with Crippen LogP contribution < -0.4 is 0 Å². The van der Waals surface area contributed by atoms with Crippen molar-refractivity contribution in [3.8, 4) is 0 Å². The van der Waals surface area contributed by atoms with Crippen LogP contribution in [0.3, 0.4) is 0 Å². The molecule has 0 amide bonds. The minimum Gasteiger partial charge on any atom is -0.462 e. The van der Waals surface area contributed by atoms with Gasteiger partial charge in [0.25, 0.3) is 0 Å². The summed E-state index contributed by atoms with van der Waals surface area (Å²) in [5.41, 5.74) is 0. The summed E-state index contributed by atoms with van der Waals surface area (Å²) in [6.45, 7) is 3.91. The number of unbranched alkanes of at least 4 members (excludes halogenated alkanes) is 19. The van der Waals surface area contributed by atoms with E-state index in [9.17, 15) is 39.2 Å². The number of aliphatic hydroxyl groups is 3. The lowest BCUT2D eigenvalue weighted by Gasteiger charge is -2.24. The zero-order valence-corrected chi connectivity index (χ0v) is 40.6. The molecular formula is C48H91NO12P+. The van der Waals surface area contributed by atoms with Crippen LogP contribution in [-0.4, -0.2) is 114 Å². The second kappa shape index (κ2) is 35.5. The molecule has 62 heavy (non-hydrogen) atoms. The average Bonchev–Trinajstić information content (AvgIpc) is 3.47. The first-order valence-corrected chi connectivity index (χ1v) is 26.1. The Balaban J connectivity index is 2.46. The lowest BCUT2D eigenvalue weighted by atomic mass is 9.87. The predicted molar refractivity (Wildman–Crippen MR) is 245 cm³/mol. The SMILES string of the molecule is CCCCCCCCCCCCCCCCCCCC(=O)O[C@H](COC(=O)CCCCC(=O)C[C@@H]1[C@@H](/C=C/[C@@H](O)CCCCC)[C@H](O)C[C@@H]1O)COP(=O)(O)OCC[N+](C)(C)C. The number of nitrogens with zero attached hydrogens (tertiary/aromatic N) is 1. The van der Waals surface area contributed by atoms with Crippen molar-refractivity contribution < 1.29 is 62.2 Å². The molecule has 7 atom stereocenters. The van der Waals surface area contributed by atoms with Crippen molar-refractivity contribution >= 4 is 25.5 Å². The van der Waals surface area contributed by atoms with Gasteiger partial charge in [-0.25, -0.2) is 4.57 Å². The first-order chi connectivity index (χ1) is 29.6. The Morgan fingerprint density at radius 3 is 1.74 bits per heavy atom. The van der Waals surface area contributed by atoms with Crippen LogP contribution in [0.4, 0.5) is 0 Å². The van der Waals surface area contributed by atoms with Crippen LogP contribution >= 0.6 is 7.82 Å². The number of ether oxygens (including phenoxy) is 2. The zero-order chi connectivity index (χ0) is 46.1. The lowest BCUT2D eigenvalue weighted by molar-refractivity contribution is -0.870. The highest BCUT2D eigenvalue weighted by Gasteiger charge is 2.41. The minimum absolute atomic E-state index is 0.00671. The Morgan fingerprint density at radius 2 is 1.18 bits per heavy atom. The van der Waals surface area contributed by atoms with Gasteiger partial charge in [-0.15, -0.1) is 0 Å². The number of carbonyl (C=O) groups excluding carboxylic acids is 3. The molecule has 0 heterocycles. The molecule has 0 aromatic rings. The Labute approximate surface area is 376 Å². The van der Waals surface area contributed by atoms with Gasteiger partial charge in [-0.1, -0.05) is 148 Å². The van der Waals surface area contributed by atoms with Gasteiger partial charge in [0.1, 0.15) is 25.5 Å². The highest BCUT2D eigenvalue weighted by atomic mass is 31.2. The molecule has 0 aromatic carbocycles. The molecule has 1 aliphatic carbocycles. The van der Waals surface area contributed by atoms with Crippen molar-refractivity contribution in [2.24, 2.45) is 11.8 Å². The third-order valence-corrected chi connectivity index (χ3v) is 12.8. The summed E-state index contributed by atoms with van der Waals surface area (Å²) in [7, 11) is 1.28. The van der Waals surface area contributed by atoms with E-state index in [2.05, 4.69) is 13.8 Å². The van der Waals surface area contributed by atoms with Gasteiger partial charge in [0.15, 0.2) is 6.10 Å². The van der Waals surface area contributed by atoms with Crippen molar-refractivity contribution in [2.75, 3.05) is 47.5 Å². The Kier molecular flexibility index (Phi) is 33.4. The van der Waals surface area contributed by atoms with Crippen LogP contribution in [0.25, 0.3) is 0 Å². The van der Waals surface area contributed by atoms with Crippen molar-refractivity contribution in [1.82, 2.24) is 0 Å². The first-order valence-electron chi connectivity index (χ1n) is 24.6. The van der Waals surface area contributed by atoms with E-state index in [4.69, 9.17) is 18.5 Å². The lowest BCUT2D eigenvalue weighted by Crippen LogP contribution is -2.37. The highest BCUT2D eigenvalue weighted by molar-refractivity contribution is 7.47. The van der Waals surface area contributed by atoms with E-state index in [1.807, 2.05) is 21.1 Å². The number of aliphatic hydroxyl groups excluding tert-OH is 3. The summed E-state index contributed by atoms with van der Waals surface area (Å²) in [5, 5.41) is 31.4. The molecule has 0 spiro atoms. The fraction of sp³-hybridized carbons (Fsp3) is 0.896. The number of ketones is 1. The van der Waals surface area contributed by atoms with Crippen LogP contribution in [0.15, 0.2) is 12.2 Å². The molecule has 0 aromatic heterocycles. The number of hydrogen-bond donors (Lipinski definition) is 4. The van der Waals surface area contributed by atoms with Gasteiger partial charge in [-0.2, -0.15) is 0 Å². The molecule has 13 nitrogen and oxygen atoms in total. The second-order valence-corrected chi connectivity index (χ2v) is 20.3. The number of hydrogen-bond acceptors (Lipinski definition) is 11. The van der Waals surface area contributed by atoms with Crippen molar-refractivity contribution in [1.29, 1.82) is 0 Å². The third kappa shape index (κ3) is 32.0. The van der Waals surface area contributed by atoms with Gasteiger partial charge in [0, 0.05) is 43.9 Å². The Bertz CT molecular complexity index is 1240. The molecule has 1 aliphatic rings. The molecule has 14 heteroatoms.